The first-order valence-electron chi connectivity index (χ1n) is 10.5. The Bertz CT molecular complexity index is 595. The number of aliphatic carboxylic acids is 1. The quantitative estimate of drug-likeness (QED) is 0.633. The number of hydrogen-bond acceptors (Lipinski definition) is 3. The number of hydrogen-bond donors (Lipinski definition) is 3. The lowest BCUT2D eigenvalue weighted by Crippen LogP contribution is -2.61. The van der Waals surface area contributed by atoms with Crippen molar-refractivity contribution in [1.82, 2.24) is 15.5 Å². The van der Waals surface area contributed by atoms with Gasteiger partial charge in [-0.3, -0.25) is 4.79 Å². The fraction of sp³-hybridized carbons (Fsp3) is 0.850. The van der Waals surface area contributed by atoms with Gasteiger partial charge in [-0.2, -0.15) is 0 Å². The topological polar surface area (TPSA) is 98.7 Å². The van der Waals surface area contributed by atoms with Crippen LogP contribution in [0.25, 0.3) is 0 Å². The van der Waals surface area contributed by atoms with E-state index >= 15 is 0 Å². The summed E-state index contributed by atoms with van der Waals surface area (Å²) < 4.78 is 0. The molecule has 0 spiro atoms. The molecule has 1 atom stereocenters. The average molecular weight is 377 g/mol. The third-order valence-corrected chi connectivity index (χ3v) is 7.04. The lowest BCUT2D eigenvalue weighted by atomic mass is 9.53. The van der Waals surface area contributed by atoms with E-state index in [4.69, 9.17) is 0 Å². The predicted molar refractivity (Wildman–Crippen MR) is 99.0 cm³/mol. The highest BCUT2D eigenvalue weighted by molar-refractivity contribution is 5.84. The average Bonchev–Trinajstić information content (AvgIpc) is 3.37. The van der Waals surface area contributed by atoms with E-state index in [1.807, 2.05) is 0 Å². The van der Waals surface area contributed by atoms with Gasteiger partial charge in [0, 0.05) is 24.5 Å². The van der Waals surface area contributed by atoms with E-state index in [0.717, 1.165) is 49.9 Å². The van der Waals surface area contributed by atoms with Crippen LogP contribution in [0, 0.1) is 17.8 Å². The van der Waals surface area contributed by atoms with E-state index in [9.17, 15) is 19.5 Å². The van der Waals surface area contributed by atoms with Crippen LogP contribution in [-0.2, 0) is 9.59 Å². The number of carbonyl (C=O) groups is 3. The molecule has 27 heavy (non-hydrogen) atoms. The van der Waals surface area contributed by atoms with E-state index < -0.39 is 12.0 Å². The first kappa shape index (κ1) is 18.6. The van der Waals surface area contributed by atoms with Crippen molar-refractivity contribution < 1.29 is 19.5 Å². The van der Waals surface area contributed by atoms with Gasteiger partial charge in [-0.25, -0.2) is 9.59 Å². The van der Waals surface area contributed by atoms with E-state index in [2.05, 4.69) is 10.6 Å². The summed E-state index contributed by atoms with van der Waals surface area (Å²) in [7, 11) is 0. The predicted octanol–water partition coefficient (Wildman–Crippen LogP) is 2.11. The van der Waals surface area contributed by atoms with Crippen LogP contribution in [0.15, 0.2) is 0 Å². The Kier molecular flexibility index (Phi) is 4.80. The number of amides is 3. The highest BCUT2D eigenvalue weighted by atomic mass is 16.4. The Balaban J connectivity index is 1.25. The molecule has 3 amide bonds. The summed E-state index contributed by atoms with van der Waals surface area (Å²) in [6, 6.07) is -0.954. The molecule has 0 aromatic heterocycles. The molecule has 0 radical (unpaired) electrons. The second-order valence-electron chi connectivity index (χ2n) is 9.38. The van der Waals surface area contributed by atoms with E-state index in [0.29, 0.717) is 0 Å². The van der Waals surface area contributed by atoms with Crippen molar-refractivity contribution in [2.45, 2.75) is 82.3 Å². The normalized spacial score (nSPS) is 34.8. The number of rotatable bonds is 7. The van der Waals surface area contributed by atoms with Crippen LogP contribution < -0.4 is 10.6 Å². The molecule has 3 N–H and O–H groups in total. The zero-order chi connectivity index (χ0) is 19.2. The number of carboxylic acids is 1. The smallest absolute Gasteiger partial charge is 0.326 e. The number of carboxylic acid groups (broad SMARTS) is 1. The molecule has 7 nitrogen and oxygen atoms in total. The van der Waals surface area contributed by atoms with Gasteiger partial charge >= 0.3 is 12.0 Å². The second kappa shape index (κ2) is 6.99. The molecule has 0 aliphatic heterocycles. The van der Waals surface area contributed by atoms with Gasteiger partial charge in [0.05, 0.1) is 0 Å². The maximum Gasteiger partial charge on any atom is 0.326 e. The summed E-state index contributed by atoms with van der Waals surface area (Å²) in [4.78, 5) is 37.6. The van der Waals surface area contributed by atoms with Crippen LogP contribution in [0.3, 0.4) is 0 Å². The fourth-order valence-corrected chi connectivity index (χ4v) is 6.17. The molecule has 0 aromatic rings. The molecule has 5 aliphatic rings. The van der Waals surface area contributed by atoms with Crippen LogP contribution in [0.1, 0.15) is 64.7 Å². The van der Waals surface area contributed by atoms with Gasteiger partial charge in [0.1, 0.15) is 6.04 Å². The summed E-state index contributed by atoms with van der Waals surface area (Å²) in [5.41, 5.74) is -0.0410. The lowest BCUT2D eigenvalue weighted by molar-refractivity contribution is -0.150. The number of nitrogens with zero attached hydrogens (tertiary/aromatic N) is 1. The zero-order valence-electron chi connectivity index (χ0n) is 16.1. The van der Waals surface area contributed by atoms with Gasteiger partial charge < -0.3 is 20.6 Å². The highest BCUT2D eigenvalue weighted by Gasteiger charge is 2.51. The minimum atomic E-state index is -0.984. The van der Waals surface area contributed by atoms with Gasteiger partial charge in [-0.1, -0.05) is 0 Å². The van der Waals surface area contributed by atoms with Crippen LogP contribution in [-0.4, -0.2) is 52.1 Å². The third kappa shape index (κ3) is 3.92. The van der Waals surface area contributed by atoms with Gasteiger partial charge in [0.15, 0.2) is 0 Å². The van der Waals surface area contributed by atoms with Crippen molar-refractivity contribution in [2.75, 3.05) is 6.54 Å². The minimum Gasteiger partial charge on any atom is -0.480 e. The molecular weight excluding hydrogens is 346 g/mol. The summed E-state index contributed by atoms with van der Waals surface area (Å²) in [6.07, 6.45) is 9.14. The molecule has 150 valence electrons. The van der Waals surface area contributed by atoms with Crippen molar-refractivity contribution in [1.29, 1.82) is 0 Å². The van der Waals surface area contributed by atoms with E-state index in [1.54, 1.807) is 6.92 Å². The Hall–Kier alpha value is -1.79. The molecule has 5 rings (SSSR count). The van der Waals surface area contributed by atoms with Crippen molar-refractivity contribution in [3.8, 4) is 0 Å². The monoisotopic (exact) mass is 377 g/mol. The summed E-state index contributed by atoms with van der Waals surface area (Å²) in [6.45, 7) is 1.79. The highest BCUT2D eigenvalue weighted by Crippen LogP contribution is 2.55. The molecule has 0 saturated heterocycles. The van der Waals surface area contributed by atoms with Gasteiger partial charge in [-0.05, 0) is 76.0 Å². The molecule has 0 heterocycles. The SMILES string of the molecule is CC(C(=O)O)N(C(=O)CCNC(=O)NC12CC3CC(CC(C3)C1)C2)C1CC1. The zero-order valence-corrected chi connectivity index (χ0v) is 16.1. The van der Waals surface area contributed by atoms with E-state index in [1.165, 1.54) is 24.2 Å². The molecule has 0 aromatic carbocycles. The largest absolute Gasteiger partial charge is 0.480 e. The molecule has 7 heteroatoms. The Labute approximate surface area is 160 Å². The summed E-state index contributed by atoms with van der Waals surface area (Å²) in [5, 5.41) is 15.3. The van der Waals surface area contributed by atoms with Crippen molar-refractivity contribution in [3.63, 3.8) is 0 Å². The van der Waals surface area contributed by atoms with E-state index in [-0.39, 0.29) is 36.5 Å². The van der Waals surface area contributed by atoms with Crippen molar-refractivity contribution in [2.24, 2.45) is 17.8 Å². The fourth-order valence-electron chi connectivity index (χ4n) is 6.17. The van der Waals surface area contributed by atoms with Crippen LogP contribution >= 0.6 is 0 Å². The van der Waals surface area contributed by atoms with Crippen LogP contribution in [0.5, 0.6) is 0 Å². The second-order valence-corrected chi connectivity index (χ2v) is 9.38. The first-order chi connectivity index (χ1) is 12.8. The van der Waals surface area contributed by atoms with Crippen molar-refractivity contribution in [3.05, 3.63) is 0 Å². The Morgan fingerprint density at radius 2 is 1.63 bits per heavy atom. The Morgan fingerprint density at radius 1 is 1.07 bits per heavy atom. The molecule has 5 saturated carbocycles. The van der Waals surface area contributed by atoms with Crippen LogP contribution in [0.4, 0.5) is 4.79 Å². The first-order valence-corrected chi connectivity index (χ1v) is 10.5. The lowest BCUT2D eigenvalue weighted by Gasteiger charge is -2.56. The van der Waals surface area contributed by atoms with Gasteiger partial charge in [-0.15, -0.1) is 0 Å². The van der Waals surface area contributed by atoms with Crippen LogP contribution in [0.2, 0.25) is 0 Å². The summed E-state index contributed by atoms with van der Waals surface area (Å²) >= 11 is 0. The molecule has 5 aliphatic carbocycles. The van der Waals surface area contributed by atoms with Crippen molar-refractivity contribution >= 4 is 17.9 Å². The number of urea groups is 1. The number of carbonyl (C=O) groups excluding carboxylic acids is 2. The third-order valence-electron chi connectivity index (χ3n) is 7.04. The Morgan fingerprint density at radius 3 is 2.11 bits per heavy atom. The molecular formula is C20H31N3O4. The summed E-state index contributed by atoms with van der Waals surface area (Å²) in [5.74, 6) is 1.12. The maximum atomic E-state index is 12.5. The molecule has 5 fully saturated rings. The minimum absolute atomic E-state index is 0.0410. The molecule has 1 unspecified atom stereocenters. The maximum absolute atomic E-state index is 12.5. The molecule has 4 bridgehead atoms. The number of nitrogens with one attached hydrogen (secondary N) is 2. The van der Waals surface area contributed by atoms with Gasteiger partial charge in [0.25, 0.3) is 0 Å². The van der Waals surface area contributed by atoms with Gasteiger partial charge in [0.2, 0.25) is 5.91 Å². The standard InChI is InChI=1S/C20H31N3O4/c1-12(18(25)26)23(16-2-3-16)17(24)4-5-21-19(27)22-20-9-13-6-14(10-20)8-15(7-13)11-20/h12-16H,2-11H2,1H3,(H,25,26)(H2,21,22,27).